The molecule has 1 heterocycles. The number of nitrogens with one attached hydrogen (secondary N) is 1. The molecule has 82 valence electrons. The molecule has 0 unspecified atom stereocenters. The van der Waals surface area contributed by atoms with Crippen LogP contribution in [0.15, 0.2) is 10.9 Å². The van der Waals surface area contributed by atoms with E-state index in [0.29, 0.717) is 18.2 Å². The minimum atomic E-state index is -0.0778. The Hall–Kier alpha value is -1.16. The largest absolute Gasteiger partial charge is 0.325 e. The molecule has 0 atom stereocenters. The Morgan fingerprint density at radius 3 is 2.80 bits per heavy atom. The average molecular weight is 207 g/mol. The van der Waals surface area contributed by atoms with E-state index < -0.39 is 0 Å². The SMILES string of the molecule is NCc1cc(=O)[nH]c(C2CCCCC2)n1. The van der Waals surface area contributed by atoms with Crippen molar-refractivity contribution in [1.29, 1.82) is 0 Å². The topological polar surface area (TPSA) is 71.8 Å². The minimum Gasteiger partial charge on any atom is -0.325 e. The zero-order valence-electron chi connectivity index (χ0n) is 8.83. The van der Waals surface area contributed by atoms with Crippen LogP contribution in [0.2, 0.25) is 0 Å². The molecule has 2 rings (SSSR count). The van der Waals surface area contributed by atoms with Crippen LogP contribution in [0, 0.1) is 0 Å². The van der Waals surface area contributed by atoms with Crippen LogP contribution in [0.25, 0.3) is 0 Å². The van der Waals surface area contributed by atoms with Crippen molar-refractivity contribution in [3.63, 3.8) is 0 Å². The summed E-state index contributed by atoms with van der Waals surface area (Å²) in [5, 5.41) is 0. The molecular weight excluding hydrogens is 190 g/mol. The van der Waals surface area contributed by atoms with Crippen molar-refractivity contribution >= 4 is 0 Å². The molecule has 15 heavy (non-hydrogen) atoms. The lowest BCUT2D eigenvalue weighted by atomic mass is 9.88. The lowest BCUT2D eigenvalue weighted by molar-refractivity contribution is 0.427. The van der Waals surface area contributed by atoms with Crippen molar-refractivity contribution < 1.29 is 0 Å². The standard InChI is InChI=1S/C11H17N3O/c12-7-9-6-10(15)14-11(13-9)8-4-2-1-3-5-8/h6,8H,1-5,7,12H2,(H,13,14,15). The third-order valence-electron chi connectivity index (χ3n) is 3.01. The molecule has 0 bridgehead atoms. The van der Waals surface area contributed by atoms with Gasteiger partial charge in [-0.05, 0) is 12.8 Å². The summed E-state index contributed by atoms with van der Waals surface area (Å²) in [5.74, 6) is 1.26. The molecule has 0 saturated heterocycles. The van der Waals surface area contributed by atoms with E-state index in [-0.39, 0.29) is 5.56 Å². The maximum Gasteiger partial charge on any atom is 0.251 e. The highest BCUT2D eigenvalue weighted by Crippen LogP contribution is 2.29. The summed E-state index contributed by atoms with van der Waals surface area (Å²) < 4.78 is 0. The highest BCUT2D eigenvalue weighted by molar-refractivity contribution is 5.06. The van der Waals surface area contributed by atoms with Crippen molar-refractivity contribution in [1.82, 2.24) is 9.97 Å². The molecule has 1 fully saturated rings. The summed E-state index contributed by atoms with van der Waals surface area (Å²) in [5.41, 5.74) is 6.12. The quantitative estimate of drug-likeness (QED) is 0.767. The van der Waals surface area contributed by atoms with Gasteiger partial charge in [0.2, 0.25) is 0 Å². The fourth-order valence-corrected chi connectivity index (χ4v) is 2.20. The minimum absolute atomic E-state index is 0.0778. The van der Waals surface area contributed by atoms with Crippen molar-refractivity contribution in [2.45, 2.75) is 44.6 Å². The van der Waals surface area contributed by atoms with E-state index in [1.165, 1.54) is 25.3 Å². The lowest BCUT2D eigenvalue weighted by Crippen LogP contribution is -2.18. The van der Waals surface area contributed by atoms with Gasteiger partial charge in [0.05, 0.1) is 5.69 Å². The van der Waals surface area contributed by atoms with Crippen molar-refractivity contribution in [3.05, 3.63) is 27.9 Å². The average Bonchev–Trinajstić information content (AvgIpc) is 2.29. The van der Waals surface area contributed by atoms with Gasteiger partial charge >= 0.3 is 0 Å². The lowest BCUT2D eigenvalue weighted by Gasteiger charge is -2.20. The third kappa shape index (κ3) is 2.45. The summed E-state index contributed by atoms with van der Waals surface area (Å²) in [6, 6.07) is 1.48. The molecule has 3 N–H and O–H groups in total. The molecular formula is C11H17N3O. The maximum absolute atomic E-state index is 11.4. The van der Waals surface area contributed by atoms with E-state index in [0.717, 1.165) is 18.7 Å². The van der Waals surface area contributed by atoms with E-state index in [4.69, 9.17) is 5.73 Å². The number of nitrogens with two attached hydrogens (primary N) is 1. The van der Waals surface area contributed by atoms with Gasteiger partial charge in [-0.2, -0.15) is 0 Å². The first kappa shape index (κ1) is 10.4. The Labute approximate surface area is 88.9 Å². The Morgan fingerprint density at radius 2 is 2.13 bits per heavy atom. The van der Waals surface area contributed by atoms with Crippen LogP contribution in [0.1, 0.15) is 49.5 Å². The Morgan fingerprint density at radius 1 is 1.40 bits per heavy atom. The highest BCUT2D eigenvalue weighted by Gasteiger charge is 2.17. The van der Waals surface area contributed by atoms with Crippen LogP contribution in [0.5, 0.6) is 0 Å². The number of rotatable bonds is 2. The predicted octanol–water partition coefficient (Wildman–Crippen LogP) is 1.28. The van der Waals surface area contributed by atoms with Crippen LogP contribution < -0.4 is 11.3 Å². The van der Waals surface area contributed by atoms with Crippen LogP contribution in [0.4, 0.5) is 0 Å². The van der Waals surface area contributed by atoms with Gasteiger partial charge in [0, 0.05) is 18.5 Å². The van der Waals surface area contributed by atoms with Crippen LogP contribution in [-0.4, -0.2) is 9.97 Å². The zero-order valence-corrected chi connectivity index (χ0v) is 8.83. The number of nitrogens with zero attached hydrogens (tertiary/aromatic N) is 1. The maximum atomic E-state index is 11.4. The first-order valence-electron chi connectivity index (χ1n) is 5.60. The fourth-order valence-electron chi connectivity index (χ4n) is 2.20. The van der Waals surface area contributed by atoms with Gasteiger partial charge < -0.3 is 10.7 Å². The van der Waals surface area contributed by atoms with Gasteiger partial charge in [-0.3, -0.25) is 4.79 Å². The molecule has 0 aliphatic heterocycles. The molecule has 0 aromatic carbocycles. The normalized spacial score (nSPS) is 17.9. The fraction of sp³-hybridized carbons (Fsp3) is 0.636. The molecule has 1 aliphatic rings. The first-order chi connectivity index (χ1) is 7.29. The highest BCUT2D eigenvalue weighted by atomic mass is 16.1. The van der Waals surface area contributed by atoms with Crippen molar-refractivity contribution in [2.24, 2.45) is 5.73 Å². The summed E-state index contributed by atoms with van der Waals surface area (Å²) in [6.07, 6.45) is 6.05. The van der Waals surface area contributed by atoms with E-state index in [1.54, 1.807) is 0 Å². The molecule has 1 aromatic rings. The Bertz CT molecular complexity index is 380. The van der Waals surface area contributed by atoms with Crippen LogP contribution >= 0.6 is 0 Å². The Balaban J connectivity index is 2.26. The predicted molar refractivity (Wildman–Crippen MR) is 58.6 cm³/mol. The second kappa shape index (κ2) is 4.57. The number of hydrogen-bond acceptors (Lipinski definition) is 3. The number of H-pyrrole nitrogens is 1. The summed E-state index contributed by atoms with van der Waals surface area (Å²) >= 11 is 0. The number of aromatic amines is 1. The van der Waals surface area contributed by atoms with Gasteiger partial charge in [-0.25, -0.2) is 4.98 Å². The molecule has 0 spiro atoms. The van der Waals surface area contributed by atoms with Crippen molar-refractivity contribution in [3.8, 4) is 0 Å². The van der Waals surface area contributed by atoms with Gasteiger partial charge in [0.15, 0.2) is 0 Å². The molecule has 0 amide bonds. The van der Waals surface area contributed by atoms with E-state index >= 15 is 0 Å². The first-order valence-corrected chi connectivity index (χ1v) is 5.60. The van der Waals surface area contributed by atoms with Crippen molar-refractivity contribution in [2.75, 3.05) is 0 Å². The van der Waals surface area contributed by atoms with E-state index in [9.17, 15) is 4.79 Å². The van der Waals surface area contributed by atoms with Gasteiger partial charge in [0.25, 0.3) is 5.56 Å². The summed E-state index contributed by atoms with van der Waals surface area (Å²) in [7, 11) is 0. The molecule has 0 radical (unpaired) electrons. The summed E-state index contributed by atoms with van der Waals surface area (Å²) in [6.45, 7) is 0.337. The Kier molecular flexibility index (Phi) is 3.16. The van der Waals surface area contributed by atoms with Crippen LogP contribution in [-0.2, 0) is 6.54 Å². The van der Waals surface area contributed by atoms with Gasteiger partial charge in [-0.15, -0.1) is 0 Å². The number of aromatic nitrogens is 2. The molecule has 1 aliphatic carbocycles. The van der Waals surface area contributed by atoms with Crippen LogP contribution in [0.3, 0.4) is 0 Å². The third-order valence-corrected chi connectivity index (χ3v) is 3.01. The second-order valence-corrected chi connectivity index (χ2v) is 4.16. The molecule has 4 heteroatoms. The van der Waals surface area contributed by atoms with E-state index in [1.807, 2.05) is 0 Å². The van der Waals surface area contributed by atoms with Gasteiger partial charge in [-0.1, -0.05) is 19.3 Å². The number of hydrogen-bond donors (Lipinski definition) is 2. The van der Waals surface area contributed by atoms with E-state index in [2.05, 4.69) is 9.97 Å². The smallest absolute Gasteiger partial charge is 0.251 e. The molecule has 1 saturated carbocycles. The van der Waals surface area contributed by atoms with Gasteiger partial charge in [0.1, 0.15) is 5.82 Å². The summed E-state index contributed by atoms with van der Waals surface area (Å²) in [4.78, 5) is 18.6. The second-order valence-electron chi connectivity index (χ2n) is 4.16. The molecule has 1 aromatic heterocycles. The zero-order chi connectivity index (χ0) is 10.7. The monoisotopic (exact) mass is 207 g/mol. The molecule has 4 nitrogen and oxygen atoms in total.